The molecule has 8 nitrogen and oxygen atoms in total. The number of amides is 3. The molecule has 0 saturated heterocycles. The molecule has 186 valence electrons. The van der Waals surface area contributed by atoms with E-state index in [1.54, 1.807) is 60.4 Å². The molecule has 1 atom stereocenters. The summed E-state index contributed by atoms with van der Waals surface area (Å²) in [7, 11) is 1.53. The van der Waals surface area contributed by atoms with Crippen molar-refractivity contribution in [1.82, 2.24) is 10.2 Å². The number of hydrogen-bond donors (Lipinski definition) is 2. The highest BCUT2D eigenvalue weighted by Gasteiger charge is 2.36. The number of anilines is 1. The molecule has 1 aliphatic heterocycles. The molecule has 35 heavy (non-hydrogen) atoms. The van der Waals surface area contributed by atoms with Crippen LogP contribution in [-0.2, 0) is 14.3 Å². The van der Waals surface area contributed by atoms with Gasteiger partial charge in [0.25, 0.3) is 5.91 Å². The molecule has 0 aromatic heterocycles. The fourth-order valence-corrected chi connectivity index (χ4v) is 3.90. The Morgan fingerprint density at radius 3 is 2.57 bits per heavy atom. The first-order chi connectivity index (χ1) is 16.8. The Labute approximate surface area is 210 Å². The highest BCUT2D eigenvalue weighted by atomic mass is 35.5. The van der Waals surface area contributed by atoms with Crippen LogP contribution in [0.15, 0.2) is 59.8 Å². The molecule has 2 N–H and O–H groups in total. The van der Waals surface area contributed by atoms with Gasteiger partial charge in [0, 0.05) is 35.6 Å². The second-order valence-corrected chi connectivity index (χ2v) is 8.54. The van der Waals surface area contributed by atoms with Crippen LogP contribution in [0.5, 0.6) is 0 Å². The number of rotatable bonds is 10. The molecule has 3 rings (SSSR count). The molecule has 2 aromatic carbocycles. The van der Waals surface area contributed by atoms with Crippen LogP contribution < -0.4 is 10.6 Å². The van der Waals surface area contributed by atoms with Crippen molar-refractivity contribution in [2.24, 2.45) is 0 Å². The molecule has 0 saturated carbocycles. The van der Waals surface area contributed by atoms with Crippen molar-refractivity contribution in [2.75, 3.05) is 32.2 Å². The molecule has 1 aliphatic rings. The van der Waals surface area contributed by atoms with Gasteiger partial charge in [-0.2, -0.15) is 0 Å². The number of unbranched alkanes of at least 4 members (excludes halogenated alkanes) is 1. The first kappa shape index (κ1) is 26.2. The summed E-state index contributed by atoms with van der Waals surface area (Å²) in [6.45, 7) is 4.64. The summed E-state index contributed by atoms with van der Waals surface area (Å²) in [6.07, 6.45) is 1.71. The lowest BCUT2D eigenvalue weighted by molar-refractivity contribution is -0.140. The second kappa shape index (κ2) is 12.4. The summed E-state index contributed by atoms with van der Waals surface area (Å²) in [5.41, 5.74) is 2.51. The van der Waals surface area contributed by atoms with E-state index in [2.05, 4.69) is 10.6 Å². The minimum absolute atomic E-state index is 0.0962. The normalized spacial score (nSPS) is 15.6. The van der Waals surface area contributed by atoms with Crippen molar-refractivity contribution in [1.29, 1.82) is 0 Å². The average Bonchev–Trinajstić information content (AvgIpc) is 2.84. The maximum absolute atomic E-state index is 13.1. The van der Waals surface area contributed by atoms with E-state index in [9.17, 15) is 14.4 Å². The summed E-state index contributed by atoms with van der Waals surface area (Å²) in [5.74, 6) is -0.829. The molecule has 2 aromatic rings. The van der Waals surface area contributed by atoms with Crippen molar-refractivity contribution < 1.29 is 23.9 Å². The lowest BCUT2D eigenvalue weighted by Crippen LogP contribution is -2.48. The van der Waals surface area contributed by atoms with Crippen LogP contribution in [0.1, 0.15) is 48.7 Å². The Hall–Kier alpha value is -3.36. The number of halogens is 1. The third kappa shape index (κ3) is 6.61. The second-order valence-electron chi connectivity index (χ2n) is 8.10. The zero-order valence-electron chi connectivity index (χ0n) is 20.1. The number of esters is 1. The summed E-state index contributed by atoms with van der Waals surface area (Å²) in [4.78, 5) is 40.2. The van der Waals surface area contributed by atoms with Crippen molar-refractivity contribution in [2.45, 2.75) is 32.7 Å². The van der Waals surface area contributed by atoms with E-state index in [0.29, 0.717) is 39.7 Å². The molecule has 0 spiro atoms. The van der Waals surface area contributed by atoms with Crippen LogP contribution in [-0.4, -0.2) is 49.7 Å². The van der Waals surface area contributed by atoms with E-state index in [4.69, 9.17) is 21.1 Å². The smallest absolute Gasteiger partial charge is 0.338 e. The highest BCUT2D eigenvalue weighted by molar-refractivity contribution is 6.30. The van der Waals surface area contributed by atoms with E-state index >= 15 is 0 Å². The van der Waals surface area contributed by atoms with E-state index < -0.39 is 12.0 Å². The molecule has 3 amide bonds. The first-order valence-corrected chi connectivity index (χ1v) is 11.8. The van der Waals surface area contributed by atoms with Crippen LogP contribution >= 0.6 is 11.6 Å². The molecule has 1 heterocycles. The maximum Gasteiger partial charge on any atom is 0.338 e. The van der Waals surface area contributed by atoms with E-state index in [-0.39, 0.29) is 25.2 Å². The van der Waals surface area contributed by atoms with E-state index in [1.807, 2.05) is 6.92 Å². The van der Waals surface area contributed by atoms with E-state index in [0.717, 1.165) is 12.8 Å². The summed E-state index contributed by atoms with van der Waals surface area (Å²) >= 11 is 5.91. The van der Waals surface area contributed by atoms with Crippen LogP contribution in [0.3, 0.4) is 0 Å². The predicted molar refractivity (Wildman–Crippen MR) is 134 cm³/mol. The summed E-state index contributed by atoms with van der Waals surface area (Å²) in [6, 6.07) is 12.5. The fourth-order valence-electron chi connectivity index (χ4n) is 3.78. The Morgan fingerprint density at radius 1 is 1.14 bits per heavy atom. The van der Waals surface area contributed by atoms with Crippen molar-refractivity contribution in [3.63, 3.8) is 0 Å². The van der Waals surface area contributed by atoms with Gasteiger partial charge in [0.2, 0.25) is 0 Å². The number of nitrogens with zero attached hydrogens (tertiary/aromatic N) is 1. The number of ether oxygens (including phenoxy) is 2. The third-order valence-electron chi connectivity index (χ3n) is 5.66. The highest BCUT2D eigenvalue weighted by Crippen LogP contribution is 2.32. The van der Waals surface area contributed by atoms with Gasteiger partial charge in [0.1, 0.15) is 6.61 Å². The van der Waals surface area contributed by atoms with Gasteiger partial charge in [-0.05, 0) is 55.3 Å². The van der Waals surface area contributed by atoms with E-state index in [1.165, 1.54) is 7.11 Å². The van der Waals surface area contributed by atoms with Crippen LogP contribution in [0, 0.1) is 0 Å². The van der Waals surface area contributed by atoms with Gasteiger partial charge in [0.05, 0.1) is 18.2 Å². The fraction of sp³-hybridized carbons (Fsp3) is 0.346. The topological polar surface area (TPSA) is 97.0 Å². The number of methoxy groups -OCH3 is 1. The minimum Gasteiger partial charge on any atom is -0.460 e. The van der Waals surface area contributed by atoms with Crippen molar-refractivity contribution >= 4 is 35.2 Å². The quantitative estimate of drug-likeness (QED) is 0.357. The number of urea groups is 1. The number of hydrogen-bond acceptors (Lipinski definition) is 5. The van der Waals surface area contributed by atoms with Gasteiger partial charge in [0.15, 0.2) is 0 Å². The van der Waals surface area contributed by atoms with Gasteiger partial charge in [-0.1, -0.05) is 37.1 Å². The number of nitrogens with one attached hydrogen (secondary N) is 2. The Balaban J connectivity index is 1.90. The van der Waals surface area contributed by atoms with Crippen LogP contribution in [0.25, 0.3) is 0 Å². The molecule has 0 aliphatic carbocycles. The van der Waals surface area contributed by atoms with Gasteiger partial charge >= 0.3 is 12.0 Å². The average molecular weight is 500 g/mol. The van der Waals surface area contributed by atoms with Gasteiger partial charge in [-0.3, -0.25) is 9.69 Å². The Morgan fingerprint density at radius 2 is 1.89 bits per heavy atom. The molecule has 9 heteroatoms. The minimum atomic E-state index is -0.734. The largest absolute Gasteiger partial charge is 0.460 e. The summed E-state index contributed by atoms with van der Waals surface area (Å²) in [5, 5.41) is 6.32. The molecular formula is C26H30ClN3O5. The molecular weight excluding hydrogens is 470 g/mol. The number of carbonyl (C=O) groups excluding carboxylic acids is 3. The van der Waals surface area contributed by atoms with Crippen molar-refractivity contribution in [3.05, 3.63) is 76.0 Å². The number of allylic oxidation sites excluding steroid dienone is 1. The summed E-state index contributed by atoms with van der Waals surface area (Å²) < 4.78 is 10.4. The lowest BCUT2D eigenvalue weighted by Gasteiger charge is -2.35. The standard InChI is InChI=1S/C26H30ClN3O5/c1-4-5-13-30-17(2)22(25(32)35-15-14-34-3)23(29-26(30)33)19-7-6-8-21(16-19)28-24(31)18-9-11-20(27)12-10-18/h6-12,16,23H,4-5,13-15H2,1-3H3,(H,28,31)(H,29,33). The Bertz CT molecular complexity index is 1100. The molecule has 1 unspecified atom stereocenters. The third-order valence-corrected chi connectivity index (χ3v) is 5.91. The van der Waals surface area contributed by atoms with Crippen molar-refractivity contribution in [3.8, 4) is 0 Å². The van der Waals surface area contributed by atoms with Gasteiger partial charge in [-0.25, -0.2) is 9.59 Å². The number of benzene rings is 2. The van der Waals surface area contributed by atoms with Gasteiger partial charge < -0.3 is 20.1 Å². The maximum atomic E-state index is 13.1. The van der Waals surface area contributed by atoms with Crippen LogP contribution in [0.4, 0.5) is 10.5 Å². The Kier molecular flexibility index (Phi) is 9.28. The molecule has 0 fully saturated rings. The monoisotopic (exact) mass is 499 g/mol. The van der Waals surface area contributed by atoms with Crippen LogP contribution in [0.2, 0.25) is 5.02 Å². The zero-order valence-corrected chi connectivity index (χ0v) is 20.9. The number of carbonyl (C=O) groups is 3. The molecule has 0 bridgehead atoms. The predicted octanol–water partition coefficient (Wildman–Crippen LogP) is 4.92. The SMILES string of the molecule is CCCCN1C(=O)NC(c2cccc(NC(=O)c3ccc(Cl)cc3)c2)C(C(=O)OCCOC)=C1C. The molecule has 0 radical (unpaired) electrons. The first-order valence-electron chi connectivity index (χ1n) is 11.5. The lowest BCUT2D eigenvalue weighted by atomic mass is 9.94. The zero-order chi connectivity index (χ0) is 25.4. The van der Waals surface area contributed by atoms with Gasteiger partial charge in [-0.15, -0.1) is 0 Å².